The molecular weight excluding hydrogens is 294 g/mol. The van der Waals surface area contributed by atoms with E-state index in [9.17, 15) is 9.59 Å². The molecule has 1 aromatic rings. The Labute approximate surface area is 136 Å². The molecule has 126 valence electrons. The van der Waals surface area contributed by atoms with Crippen LogP contribution in [0.2, 0.25) is 0 Å². The second-order valence-electron chi connectivity index (χ2n) is 6.34. The number of aromatic nitrogens is 1. The zero-order valence-corrected chi connectivity index (χ0v) is 13.8. The van der Waals surface area contributed by atoms with Crippen LogP contribution < -0.4 is 10.2 Å². The van der Waals surface area contributed by atoms with Gasteiger partial charge in [-0.2, -0.15) is 0 Å². The van der Waals surface area contributed by atoms with Gasteiger partial charge < -0.3 is 15.3 Å². The van der Waals surface area contributed by atoms with Crippen molar-refractivity contribution in [3.05, 3.63) is 23.9 Å². The lowest BCUT2D eigenvalue weighted by atomic mass is 10.0. The summed E-state index contributed by atoms with van der Waals surface area (Å²) in [6, 6.07) is 2.65. The smallest absolute Gasteiger partial charge is 0.326 e. The summed E-state index contributed by atoms with van der Waals surface area (Å²) in [7, 11) is 0. The van der Waals surface area contributed by atoms with Crippen LogP contribution in [-0.4, -0.2) is 41.1 Å². The molecular formula is C17H25N3O3. The molecule has 1 atom stereocenters. The zero-order chi connectivity index (χ0) is 16.8. The van der Waals surface area contributed by atoms with E-state index in [1.54, 1.807) is 19.9 Å². The van der Waals surface area contributed by atoms with Gasteiger partial charge in [0.15, 0.2) is 0 Å². The van der Waals surface area contributed by atoms with Gasteiger partial charge in [-0.3, -0.25) is 4.79 Å². The van der Waals surface area contributed by atoms with E-state index in [0.29, 0.717) is 5.56 Å². The van der Waals surface area contributed by atoms with Crippen LogP contribution in [0.5, 0.6) is 0 Å². The molecule has 2 N–H and O–H groups in total. The fraction of sp³-hybridized carbons (Fsp3) is 0.588. The minimum absolute atomic E-state index is 0.180. The third-order valence-corrected chi connectivity index (χ3v) is 4.16. The summed E-state index contributed by atoms with van der Waals surface area (Å²) in [6.45, 7) is 5.51. The summed E-state index contributed by atoms with van der Waals surface area (Å²) in [4.78, 5) is 30.0. The third kappa shape index (κ3) is 4.68. The van der Waals surface area contributed by atoms with Gasteiger partial charge >= 0.3 is 5.97 Å². The van der Waals surface area contributed by atoms with Crippen LogP contribution in [0.25, 0.3) is 0 Å². The van der Waals surface area contributed by atoms with Gasteiger partial charge in [0.05, 0.1) is 5.56 Å². The summed E-state index contributed by atoms with van der Waals surface area (Å²) in [6.07, 6.45) is 6.36. The van der Waals surface area contributed by atoms with Gasteiger partial charge in [-0.1, -0.05) is 26.7 Å². The van der Waals surface area contributed by atoms with Gasteiger partial charge in [-0.15, -0.1) is 0 Å². The topological polar surface area (TPSA) is 82.5 Å². The number of aliphatic carboxylic acids is 1. The lowest BCUT2D eigenvalue weighted by Gasteiger charge is -2.21. The van der Waals surface area contributed by atoms with Crippen molar-refractivity contribution in [2.24, 2.45) is 5.92 Å². The Morgan fingerprint density at radius 3 is 2.30 bits per heavy atom. The van der Waals surface area contributed by atoms with Gasteiger partial charge in [0, 0.05) is 19.3 Å². The quantitative estimate of drug-likeness (QED) is 0.870. The summed E-state index contributed by atoms with van der Waals surface area (Å²) in [5.74, 6) is -0.730. The largest absolute Gasteiger partial charge is 0.480 e. The molecule has 1 amide bonds. The van der Waals surface area contributed by atoms with Crippen molar-refractivity contribution >= 4 is 17.7 Å². The van der Waals surface area contributed by atoms with Crippen molar-refractivity contribution in [1.82, 2.24) is 10.3 Å². The Kier molecular flexibility index (Phi) is 5.96. The molecule has 23 heavy (non-hydrogen) atoms. The van der Waals surface area contributed by atoms with Crippen molar-refractivity contribution < 1.29 is 14.7 Å². The van der Waals surface area contributed by atoms with Crippen molar-refractivity contribution in [1.29, 1.82) is 0 Å². The molecule has 2 rings (SSSR count). The van der Waals surface area contributed by atoms with Gasteiger partial charge in [0.25, 0.3) is 5.91 Å². The van der Waals surface area contributed by atoms with Crippen molar-refractivity contribution in [2.45, 2.75) is 45.6 Å². The highest BCUT2D eigenvalue weighted by Gasteiger charge is 2.24. The third-order valence-electron chi connectivity index (χ3n) is 4.16. The highest BCUT2D eigenvalue weighted by molar-refractivity contribution is 5.96. The van der Waals surface area contributed by atoms with Gasteiger partial charge in [0.2, 0.25) is 0 Å². The minimum atomic E-state index is -1.03. The Morgan fingerprint density at radius 2 is 1.83 bits per heavy atom. The normalized spacial score (nSPS) is 16.7. The Bertz CT molecular complexity index is 535. The standard InChI is InChI=1S/C17H25N3O3/c1-12(2)15(17(22)23)19-16(21)13-7-8-14(18-11-13)20-9-5-3-4-6-10-20/h7-8,11-12,15H,3-6,9-10H2,1-2H3,(H,19,21)(H,22,23). The molecule has 0 aromatic carbocycles. The van der Waals surface area contributed by atoms with Crippen LogP contribution in [0.1, 0.15) is 49.9 Å². The van der Waals surface area contributed by atoms with E-state index in [-0.39, 0.29) is 5.92 Å². The molecule has 1 unspecified atom stereocenters. The molecule has 2 heterocycles. The van der Waals surface area contributed by atoms with Crippen molar-refractivity contribution in [3.8, 4) is 0 Å². The number of hydrogen-bond donors (Lipinski definition) is 2. The lowest BCUT2D eigenvalue weighted by Crippen LogP contribution is -2.44. The van der Waals surface area contributed by atoms with Crippen LogP contribution in [0.15, 0.2) is 18.3 Å². The SMILES string of the molecule is CC(C)C(NC(=O)c1ccc(N2CCCCCC2)nc1)C(=O)O. The number of carboxylic acids is 1. The van der Waals surface area contributed by atoms with Crippen LogP contribution in [0, 0.1) is 5.92 Å². The van der Waals surface area contributed by atoms with E-state index in [1.165, 1.54) is 31.9 Å². The first kappa shape index (κ1) is 17.2. The molecule has 0 spiro atoms. The van der Waals surface area contributed by atoms with E-state index in [1.807, 2.05) is 6.07 Å². The molecule has 1 saturated heterocycles. The van der Waals surface area contributed by atoms with Crippen molar-refractivity contribution in [2.75, 3.05) is 18.0 Å². The maximum Gasteiger partial charge on any atom is 0.326 e. The first-order chi connectivity index (χ1) is 11.0. The van der Waals surface area contributed by atoms with Crippen LogP contribution in [0.3, 0.4) is 0 Å². The molecule has 0 saturated carbocycles. The monoisotopic (exact) mass is 319 g/mol. The van der Waals surface area contributed by atoms with Gasteiger partial charge in [-0.05, 0) is 30.9 Å². The summed E-state index contributed by atoms with van der Waals surface area (Å²) in [5, 5.41) is 11.7. The number of carboxylic acid groups (broad SMARTS) is 1. The molecule has 6 nitrogen and oxygen atoms in total. The number of pyridine rings is 1. The molecule has 1 aromatic heterocycles. The molecule has 1 fully saturated rings. The predicted octanol–water partition coefficient (Wildman–Crippen LogP) is 2.30. The average Bonchev–Trinajstić information content (AvgIpc) is 2.81. The van der Waals surface area contributed by atoms with E-state index in [4.69, 9.17) is 5.11 Å². The number of amides is 1. The first-order valence-corrected chi connectivity index (χ1v) is 8.23. The Hall–Kier alpha value is -2.11. The molecule has 0 radical (unpaired) electrons. The number of hydrogen-bond acceptors (Lipinski definition) is 4. The Balaban J connectivity index is 2.03. The number of rotatable bonds is 5. The van der Waals surface area contributed by atoms with Crippen LogP contribution in [0.4, 0.5) is 5.82 Å². The maximum atomic E-state index is 12.2. The Morgan fingerprint density at radius 1 is 1.17 bits per heavy atom. The average molecular weight is 319 g/mol. The predicted molar refractivity (Wildman–Crippen MR) is 88.6 cm³/mol. The molecule has 6 heteroatoms. The molecule has 1 aliphatic rings. The fourth-order valence-electron chi connectivity index (χ4n) is 2.75. The first-order valence-electron chi connectivity index (χ1n) is 8.23. The zero-order valence-electron chi connectivity index (χ0n) is 13.8. The number of anilines is 1. The molecule has 0 aliphatic carbocycles. The van der Waals surface area contributed by atoms with E-state index < -0.39 is 17.9 Å². The summed E-state index contributed by atoms with van der Waals surface area (Å²) >= 11 is 0. The molecule has 1 aliphatic heterocycles. The number of nitrogens with zero attached hydrogens (tertiary/aromatic N) is 2. The van der Waals surface area contributed by atoms with Crippen LogP contribution >= 0.6 is 0 Å². The van der Waals surface area contributed by atoms with E-state index in [0.717, 1.165) is 18.9 Å². The van der Waals surface area contributed by atoms with Gasteiger partial charge in [-0.25, -0.2) is 9.78 Å². The highest BCUT2D eigenvalue weighted by atomic mass is 16.4. The van der Waals surface area contributed by atoms with E-state index in [2.05, 4.69) is 15.2 Å². The second kappa shape index (κ2) is 7.94. The number of nitrogens with one attached hydrogen (secondary N) is 1. The summed E-state index contributed by atoms with van der Waals surface area (Å²) in [5.41, 5.74) is 0.385. The lowest BCUT2D eigenvalue weighted by molar-refractivity contribution is -0.140. The fourth-order valence-corrected chi connectivity index (χ4v) is 2.75. The number of carbonyl (C=O) groups is 2. The second-order valence-corrected chi connectivity index (χ2v) is 6.34. The van der Waals surface area contributed by atoms with Crippen molar-refractivity contribution in [3.63, 3.8) is 0 Å². The maximum absolute atomic E-state index is 12.2. The van der Waals surface area contributed by atoms with Crippen LogP contribution in [-0.2, 0) is 4.79 Å². The summed E-state index contributed by atoms with van der Waals surface area (Å²) < 4.78 is 0. The number of carbonyl (C=O) groups excluding carboxylic acids is 1. The molecule has 0 bridgehead atoms. The van der Waals surface area contributed by atoms with Gasteiger partial charge in [0.1, 0.15) is 11.9 Å². The highest BCUT2D eigenvalue weighted by Crippen LogP contribution is 2.17. The minimum Gasteiger partial charge on any atom is -0.480 e. The van der Waals surface area contributed by atoms with E-state index >= 15 is 0 Å².